The third-order valence-electron chi connectivity index (χ3n) is 3.83. The number of aromatic nitrogens is 2. The van der Waals surface area contributed by atoms with Crippen LogP contribution in [0.25, 0.3) is 10.9 Å². The van der Waals surface area contributed by atoms with Gasteiger partial charge >= 0.3 is 12.5 Å². The number of benzene rings is 2. The van der Waals surface area contributed by atoms with Gasteiger partial charge in [-0.1, -0.05) is 12.1 Å². The number of ether oxygens (including phenoxy) is 1. The van der Waals surface area contributed by atoms with Crippen LogP contribution in [0.1, 0.15) is 11.1 Å². The maximum atomic E-state index is 12.8. The third kappa shape index (κ3) is 5.02. The minimum Gasteiger partial charge on any atom is -0.406 e. The number of fused-ring (bicyclic) bond motifs is 1. The fourth-order valence-electron chi connectivity index (χ4n) is 2.56. The number of anilines is 1. The molecule has 0 aliphatic carbocycles. The highest BCUT2D eigenvalue weighted by Gasteiger charge is 2.31. The molecule has 0 unspecified atom stereocenters. The third-order valence-corrected chi connectivity index (χ3v) is 3.83. The van der Waals surface area contributed by atoms with Crippen LogP contribution >= 0.6 is 0 Å². The Morgan fingerprint density at radius 3 is 2.25 bits per heavy atom. The zero-order valence-electron chi connectivity index (χ0n) is 14.1. The molecular weight excluding hydrogens is 388 g/mol. The molecule has 3 aromatic rings. The molecule has 0 radical (unpaired) electrons. The zero-order chi connectivity index (χ0) is 20.4. The molecule has 0 fully saturated rings. The van der Waals surface area contributed by atoms with Crippen LogP contribution in [-0.2, 0) is 12.6 Å². The Bertz CT molecular complexity index is 954. The monoisotopic (exact) mass is 401 g/mol. The summed E-state index contributed by atoms with van der Waals surface area (Å²) < 4.78 is 78.6. The van der Waals surface area contributed by atoms with Gasteiger partial charge in [-0.15, -0.1) is 13.2 Å². The number of hydrogen-bond acceptors (Lipinski definition) is 4. The highest BCUT2D eigenvalue weighted by atomic mass is 19.4. The van der Waals surface area contributed by atoms with Crippen molar-refractivity contribution in [2.75, 3.05) is 11.9 Å². The van der Waals surface area contributed by atoms with Crippen LogP contribution in [0.5, 0.6) is 5.75 Å². The number of nitrogens with zero attached hydrogens (tertiary/aromatic N) is 2. The molecule has 0 saturated carbocycles. The van der Waals surface area contributed by atoms with Crippen molar-refractivity contribution in [3.8, 4) is 5.75 Å². The number of rotatable bonds is 5. The first-order chi connectivity index (χ1) is 13.1. The fourth-order valence-corrected chi connectivity index (χ4v) is 2.56. The quantitative estimate of drug-likeness (QED) is 0.597. The summed E-state index contributed by atoms with van der Waals surface area (Å²) in [6, 6.07) is 8.61. The largest absolute Gasteiger partial charge is 0.573 e. The topological polar surface area (TPSA) is 47.0 Å². The Hall–Kier alpha value is -3.04. The van der Waals surface area contributed by atoms with E-state index in [1.807, 2.05) is 0 Å². The molecular formula is C18H13F6N3O. The summed E-state index contributed by atoms with van der Waals surface area (Å²) >= 11 is 0. The van der Waals surface area contributed by atoms with E-state index in [1.165, 1.54) is 30.3 Å². The molecule has 0 bridgehead atoms. The van der Waals surface area contributed by atoms with E-state index in [0.717, 1.165) is 24.0 Å². The Kier molecular flexibility index (Phi) is 5.30. The Morgan fingerprint density at radius 2 is 1.61 bits per heavy atom. The standard InChI is InChI=1S/C18H13F6N3O/c19-17(20,21)12-3-6-14-15(9-12)26-10-27-16(14)25-8-7-11-1-4-13(5-2-11)28-18(22,23)24/h1-6,9-10H,7-8H2,(H,25,26,27). The predicted octanol–water partition coefficient (Wildman–Crippen LogP) is 5.20. The van der Waals surface area contributed by atoms with Crippen LogP contribution in [0.2, 0.25) is 0 Å². The maximum Gasteiger partial charge on any atom is 0.573 e. The minimum atomic E-state index is -4.75. The predicted molar refractivity (Wildman–Crippen MR) is 89.9 cm³/mol. The second kappa shape index (κ2) is 7.53. The van der Waals surface area contributed by atoms with Crippen LogP contribution in [0.3, 0.4) is 0 Å². The van der Waals surface area contributed by atoms with E-state index >= 15 is 0 Å². The van der Waals surface area contributed by atoms with Gasteiger partial charge in [0.1, 0.15) is 17.9 Å². The second-order valence-corrected chi connectivity index (χ2v) is 5.82. The summed E-state index contributed by atoms with van der Waals surface area (Å²) in [6.07, 6.45) is -7.59. The molecule has 1 aromatic heterocycles. The second-order valence-electron chi connectivity index (χ2n) is 5.82. The lowest BCUT2D eigenvalue weighted by Crippen LogP contribution is -2.17. The first kappa shape index (κ1) is 19.7. The molecule has 1 heterocycles. The number of hydrogen-bond donors (Lipinski definition) is 1. The van der Waals surface area contributed by atoms with Crippen molar-refractivity contribution in [1.29, 1.82) is 0 Å². The first-order valence-electron chi connectivity index (χ1n) is 8.02. The van der Waals surface area contributed by atoms with Gasteiger partial charge in [0.05, 0.1) is 11.1 Å². The summed E-state index contributed by atoms with van der Waals surface area (Å²) in [5, 5.41) is 3.44. The number of nitrogens with one attached hydrogen (secondary N) is 1. The van der Waals surface area contributed by atoms with Crippen molar-refractivity contribution < 1.29 is 31.1 Å². The lowest BCUT2D eigenvalue weighted by molar-refractivity contribution is -0.274. The molecule has 28 heavy (non-hydrogen) atoms. The van der Waals surface area contributed by atoms with Crippen LogP contribution in [0.15, 0.2) is 48.8 Å². The molecule has 4 nitrogen and oxygen atoms in total. The van der Waals surface area contributed by atoms with Gasteiger partial charge in [-0.3, -0.25) is 0 Å². The number of halogens is 6. The molecule has 0 atom stereocenters. The molecule has 0 spiro atoms. The fraction of sp³-hybridized carbons (Fsp3) is 0.222. The summed E-state index contributed by atoms with van der Waals surface area (Å²) in [7, 11) is 0. The van der Waals surface area contributed by atoms with Crippen molar-refractivity contribution in [2.24, 2.45) is 0 Å². The maximum absolute atomic E-state index is 12.8. The van der Waals surface area contributed by atoms with Crippen LogP contribution in [-0.4, -0.2) is 22.9 Å². The lowest BCUT2D eigenvalue weighted by atomic mass is 10.1. The summed E-state index contributed by atoms with van der Waals surface area (Å²) in [4.78, 5) is 7.90. The molecule has 3 rings (SSSR count). The Labute approximate surface area is 155 Å². The van der Waals surface area contributed by atoms with Crippen molar-refractivity contribution >= 4 is 16.7 Å². The molecule has 0 aliphatic rings. The average molecular weight is 401 g/mol. The molecule has 148 valence electrons. The lowest BCUT2D eigenvalue weighted by Gasteiger charge is -2.11. The SMILES string of the molecule is FC(F)(F)Oc1ccc(CCNc2ncnc3cc(C(F)(F)F)ccc23)cc1. The van der Waals surface area contributed by atoms with E-state index < -0.39 is 18.1 Å². The van der Waals surface area contributed by atoms with Gasteiger partial charge in [0.2, 0.25) is 0 Å². The van der Waals surface area contributed by atoms with Crippen molar-refractivity contribution in [3.63, 3.8) is 0 Å². The molecule has 0 amide bonds. The molecule has 0 saturated heterocycles. The van der Waals surface area contributed by atoms with Gasteiger partial charge < -0.3 is 10.1 Å². The minimum absolute atomic E-state index is 0.154. The van der Waals surface area contributed by atoms with E-state index in [1.54, 1.807) is 0 Å². The van der Waals surface area contributed by atoms with E-state index in [-0.39, 0.29) is 11.3 Å². The van der Waals surface area contributed by atoms with Gasteiger partial charge in [-0.25, -0.2) is 9.97 Å². The van der Waals surface area contributed by atoms with E-state index in [9.17, 15) is 26.3 Å². The molecule has 10 heteroatoms. The van der Waals surface area contributed by atoms with E-state index in [4.69, 9.17) is 0 Å². The highest BCUT2D eigenvalue weighted by Crippen LogP contribution is 2.32. The van der Waals surface area contributed by atoms with Gasteiger partial charge in [0, 0.05) is 11.9 Å². The van der Waals surface area contributed by atoms with Crippen molar-refractivity contribution in [3.05, 3.63) is 59.9 Å². The van der Waals surface area contributed by atoms with Gasteiger partial charge in [-0.05, 0) is 42.3 Å². The van der Waals surface area contributed by atoms with E-state index in [0.29, 0.717) is 24.2 Å². The van der Waals surface area contributed by atoms with Crippen LogP contribution in [0.4, 0.5) is 32.2 Å². The van der Waals surface area contributed by atoms with Crippen LogP contribution < -0.4 is 10.1 Å². The first-order valence-corrected chi connectivity index (χ1v) is 8.02. The van der Waals surface area contributed by atoms with Gasteiger partial charge in [-0.2, -0.15) is 13.2 Å². The summed E-state index contributed by atoms with van der Waals surface area (Å²) in [5.41, 5.74) is 0.103. The Balaban J connectivity index is 1.65. The van der Waals surface area contributed by atoms with Crippen molar-refractivity contribution in [1.82, 2.24) is 9.97 Å². The average Bonchev–Trinajstić information content (AvgIpc) is 2.61. The highest BCUT2D eigenvalue weighted by molar-refractivity contribution is 5.89. The van der Waals surface area contributed by atoms with Gasteiger partial charge in [0.25, 0.3) is 0 Å². The van der Waals surface area contributed by atoms with E-state index in [2.05, 4.69) is 20.0 Å². The summed E-state index contributed by atoms with van der Waals surface area (Å²) in [6.45, 7) is 0.368. The van der Waals surface area contributed by atoms with Crippen molar-refractivity contribution in [2.45, 2.75) is 19.0 Å². The number of alkyl halides is 6. The smallest absolute Gasteiger partial charge is 0.406 e. The van der Waals surface area contributed by atoms with Crippen LogP contribution in [0, 0.1) is 0 Å². The molecule has 0 aliphatic heterocycles. The molecule has 1 N–H and O–H groups in total. The van der Waals surface area contributed by atoms with Gasteiger partial charge in [0.15, 0.2) is 0 Å². The molecule has 2 aromatic carbocycles. The zero-order valence-corrected chi connectivity index (χ0v) is 14.1. The summed E-state index contributed by atoms with van der Waals surface area (Å²) in [5.74, 6) is 0.0576. The normalized spacial score (nSPS) is 12.2. The Morgan fingerprint density at radius 1 is 0.893 bits per heavy atom.